The maximum Gasteiger partial charge on any atom is 0.282 e. The summed E-state index contributed by atoms with van der Waals surface area (Å²) in [6, 6.07) is 14.2. The van der Waals surface area contributed by atoms with Crippen LogP contribution in [0, 0.1) is 10.1 Å². The Bertz CT molecular complexity index is 952. The highest BCUT2D eigenvalue weighted by atomic mass is 32.1. The van der Waals surface area contributed by atoms with Crippen LogP contribution in [0.1, 0.15) is 34.1 Å². The Morgan fingerprint density at radius 1 is 1.19 bits per heavy atom. The number of para-hydroxylation sites is 2. The predicted molar refractivity (Wildman–Crippen MR) is 101 cm³/mol. The Labute approximate surface area is 154 Å². The molecule has 0 radical (unpaired) electrons. The maximum atomic E-state index is 12.9. The van der Waals surface area contributed by atoms with E-state index >= 15 is 0 Å². The number of carbonyl (C=O) groups is 1. The Hall–Kier alpha value is -2.80. The number of thiazole rings is 1. The first-order valence-electron chi connectivity index (χ1n) is 8.51. The Balaban J connectivity index is 1.59. The molecule has 1 fully saturated rings. The third kappa shape index (κ3) is 3.06. The normalized spacial score (nSPS) is 17.4. The van der Waals surface area contributed by atoms with Gasteiger partial charge in [-0.25, -0.2) is 4.98 Å². The summed E-state index contributed by atoms with van der Waals surface area (Å²) in [7, 11) is 0. The molecule has 1 aliphatic heterocycles. The number of likely N-dealkylation sites (tertiary alicyclic amines) is 1. The lowest BCUT2D eigenvalue weighted by molar-refractivity contribution is -0.385. The van der Waals surface area contributed by atoms with Crippen LogP contribution >= 0.6 is 11.3 Å². The van der Waals surface area contributed by atoms with Gasteiger partial charge in [-0.2, -0.15) is 0 Å². The average Bonchev–Trinajstić information content (AvgIpc) is 3.12. The fourth-order valence-electron chi connectivity index (χ4n) is 3.41. The van der Waals surface area contributed by atoms with Crippen molar-refractivity contribution in [1.82, 2.24) is 9.88 Å². The summed E-state index contributed by atoms with van der Waals surface area (Å²) in [4.78, 5) is 30.0. The predicted octanol–water partition coefficient (Wildman–Crippen LogP) is 4.22. The number of fused-ring (bicyclic) bond motifs is 1. The topological polar surface area (TPSA) is 76.3 Å². The number of benzene rings is 2. The number of amides is 1. The molecule has 6 nitrogen and oxygen atoms in total. The number of nitrogens with zero attached hydrogens (tertiary/aromatic N) is 3. The number of nitro groups is 1. The van der Waals surface area contributed by atoms with Gasteiger partial charge >= 0.3 is 0 Å². The number of piperidine rings is 1. The summed E-state index contributed by atoms with van der Waals surface area (Å²) in [6.07, 6.45) is 1.84. The van der Waals surface area contributed by atoms with E-state index in [1.807, 2.05) is 18.2 Å². The van der Waals surface area contributed by atoms with Crippen molar-refractivity contribution in [2.75, 3.05) is 13.1 Å². The minimum atomic E-state index is -0.498. The van der Waals surface area contributed by atoms with Crippen molar-refractivity contribution in [2.45, 2.75) is 18.8 Å². The van der Waals surface area contributed by atoms with Crippen LogP contribution in [-0.4, -0.2) is 33.8 Å². The molecule has 1 saturated heterocycles. The maximum absolute atomic E-state index is 12.9. The van der Waals surface area contributed by atoms with Crippen LogP contribution in [-0.2, 0) is 0 Å². The van der Waals surface area contributed by atoms with E-state index in [1.165, 1.54) is 12.1 Å². The van der Waals surface area contributed by atoms with E-state index < -0.39 is 4.92 Å². The molecular formula is C19H17N3O3S. The zero-order valence-electron chi connectivity index (χ0n) is 14.0. The lowest BCUT2D eigenvalue weighted by Gasteiger charge is -2.31. The van der Waals surface area contributed by atoms with Gasteiger partial charge in [0.15, 0.2) is 0 Å². The van der Waals surface area contributed by atoms with Gasteiger partial charge in [-0.1, -0.05) is 24.3 Å². The van der Waals surface area contributed by atoms with Crippen LogP contribution in [0.3, 0.4) is 0 Å². The number of carbonyl (C=O) groups excluding carboxylic acids is 1. The summed E-state index contributed by atoms with van der Waals surface area (Å²) in [5.41, 5.74) is 0.997. The molecule has 0 N–H and O–H groups in total. The molecule has 26 heavy (non-hydrogen) atoms. The monoisotopic (exact) mass is 367 g/mol. The molecule has 1 aliphatic rings. The van der Waals surface area contributed by atoms with Gasteiger partial charge in [-0.15, -0.1) is 11.3 Å². The molecule has 0 saturated carbocycles. The number of rotatable bonds is 3. The minimum absolute atomic E-state index is 0.139. The summed E-state index contributed by atoms with van der Waals surface area (Å²) in [5, 5.41) is 12.3. The van der Waals surface area contributed by atoms with Gasteiger partial charge in [0.1, 0.15) is 5.56 Å². The molecule has 4 rings (SSSR count). The third-order valence-corrected chi connectivity index (χ3v) is 5.90. The van der Waals surface area contributed by atoms with E-state index in [0.717, 1.165) is 28.1 Å². The fraction of sp³-hybridized carbons (Fsp3) is 0.263. The van der Waals surface area contributed by atoms with Gasteiger partial charge in [-0.3, -0.25) is 14.9 Å². The lowest BCUT2D eigenvalue weighted by atomic mass is 9.97. The van der Waals surface area contributed by atoms with Gasteiger partial charge in [0.05, 0.1) is 20.1 Å². The highest BCUT2D eigenvalue weighted by Gasteiger charge is 2.30. The standard InChI is InChI=1S/C19H17N3O3S/c23-19(14-7-1-3-9-16(14)22(24)25)21-11-5-6-13(12-21)18-20-15-8-2-4-10-17(15)26-18/h1-4,7-10,13H,5-6,11-12H2/t13-/m0/s1. The molecule has 0 aliphatic carbocycles. The molecule has 0 bridgehead atoms. The van der Waals surface area contributed by atoms with Crippen LogP contribution in [0.25, 0.3) is 10.2 Å². The van der Waals surface area contributed by atoms with E-state index in [0.29, 0.717) is 13.1 Å². The van der Waals surface area contributed by atoms with Crippen LogP contribution < -0.4 is 0 Å². The molecule has 3 aromatic rings. The molecule has 0 unspecified atom stereocenters. The number of hydrogen-bond acceptors (Lipinski definition) is 5. The highest BCUT2D eigenvalue weighted by Crippen LogP contribution is 2.33. The van der Waals surface area contributed by atoms with E-state index in [-0.39, 0.29) is 23.1 Å². The molecule has 7 heteroatoms. The molecule has 1 amide bonds. The third-order valence-electron chi connectivity index (χ3n) is 4.70. The summed E-state index contributed by atoms with van der Waals surface area (Å²) >= 11 is 1.66. The van der Waals surface area contributed by atoms with Crippen molar-refractivity contribution in [3.63, 3.8) is 0 Å². The van der Waals surface area contributed by atoms with E-state index in [9.17, 15) is 14.9 Å². The zero-order chi connectivity index (χ0) is 18.1. The fourth-order valence-corrected chi connectivity index (χ4v) is 4.51. The SMILES string of the molecule is O=C(c1ccccc1[N+](=O)[O-])N1CCC[C@H](c2nc3ccccc3s2)C1. The second kappa shape index (κ2) is 6.84. The van der Waals surface area contributed by atoms with E-state index in [2.05, 4.69) is 6.07 Å². The van der Waals surface area contributed by atoms with Gasteiger partial charge in [0.2, 0.25) is 0 Å². The molecule has 132 valence electrons. The van der Waals surface area contributed by atoms with Crippen LogP contribution in [0.2, 0.25) is 0 Å². The van der Waals surface area contributed by atoms with E-state index in [4.69, 9.17) is 4.98 Å². The van der Waals surface area contributed by atoms with Gasteiger partial charge < -0.3 is 4.90 Å². The number of aromatic nitrogens is 1. The van der Waals surface area contributed by atoms with Crippen molar-refractivity contribution in [3.05, 3.63) is 69.2 Å². The van der Waals surface area contributed by atoms with Crippen molar-refractivity contribution >= 4 is 33.1 Å². The summed E-state index contributed by atoms with van der Waals surface area (Å²) in [5.74, 6) is -0.101. The molecule has 0 spiro atoms. The first-order valence-corrected chi connectivity index (χ1v) is 9.33. The summed E-state index contributed by atoms with van der Waals surface area (Å²) in [6.45, 7) is 1.16. The van der Waals surface area contributed by atoms with Crippen molar-refractivity contribution in [3.8, 4) is 0 Å². The van der Waals surface area contributed by atoms with Crippen LogP contribution in [0.4, 0.5) is 5.69 Å². The quantitative estimate of drug-likeness (QED) is 0.513. The second-order valence-corrected chi connectivity index (χ2v) is 7.45. The van der Waals surface area contributed by atoms with Gasteiger partial charge in [0.25, 0.3) is 11.6 Å². The smallest absolute Gasteiger partial charge is 0.282 e. The Morgan fingerprint density at radius 2 is 1.96 bits per heavy atom. The largest absolute Gasteiger partial charge is 0.338 e. The molecule has 2 heterocycles. The first kappa shape index (κ1) is 16.7. The number of hydrogen-bond donors (Lipinski definition) is 0. The molecule has 2 aromatic carbocycles. The van der Waals surface area contributed by atoms with Gasteiger partial charge in [0, 0.05) is 25.1 Å². The molecular weight excluding hydrogens is 350 g/mol. The Morgan fingerprint density at radius 3 is 2.77 bits per heavy atom. The summed E-state index contributed by atoms with van der Waals surface area (Å²) < 4.78 is 1.14. The van der Waals surface area contributed by atoms with E-state index in [1.54, 1.807) is 28.4 Å². The van der Waals surface area contributed by atoms with Crippen molar-refractivity contribution in [1.29, 1.82) is 0 Å². The highest BCUT2D eigenvalue weighted by molar-refractivity contribution is 7.18. The van der Waals surface area contributed by atoms with Crippen LogP contribution in [0.15, 0.2) is 48.5 Å². The van der Waals surface area contributed by atoms with Crippen LogP contribution in [0.5, 0.6) is 0 Å². The zero-order valence-corrected chi connectivity index (χ0v) is 14.8. The number of nitro benzene ring substituents is 1. The Kier molecular flexibility index (Phi) is 4.38. The molecule has 1 atom stereocenters. The lowest BCUT2D eigenvalue weighted by Crippen LogP contribution is -2.39. The first-order chi connectivity index (χ1) is 12.6. The van der Waals surface area contributed by atoms with Crippen molar-refractivity contribution < 1.29 is 9.72 Å². The average molecular weight is 367 g/mol. The van der Waals surface area contributed by atoms with Gasteiger partial charge in [-0.05, 0) is 31.0 Å². The minimum Gasteiger partial charge on any atom is -0.338 e. The second-order valence-electron chi connectivity index (χ2n) is 6.38. The van der Waals surface area contributed by atoms with Crippen molar-refractivity contribution in [2.24, 2.45) is 0 Å². The molecule has 1 aromatic heterocycles.